The molecular weight excluding hydrogens is 252 g/mol. The maximum atomic E-state index is 12.0. The Balaban J connectivity index is 1.75. The molecule has 0 aliphatic carbocycles. The van der Waals surface area contributed by atoms with Gasteiger partial charge in [-0.05, 0) is 12.1 Å². The Morgan fingerprint density at radius 3 is 2.85 bits per heavy atom. The Labute approximate surface area is 116 Å². The predicted octanol–water partition coefficient (Wildman–Crippen LogP) is 2.15. The molecule has 0 fully saturated rings. The maximum absolute atomic E-state index is 12.0. The van der Waals surface area contributed by atoms with Crippen molar-refractivity contribution in [3.05, 3.63) is 54.4 Å². The summed E-state index contributed by atoms with van der Waals surface area (Å²) >= 11 is 0. The van der Waals surface area contributed by atoms with E-state index in [9.17, 15) is 4.79 Å². The third-order valence-electron chi connectivity index (χ3n) is 3.09. The van der Waals surface area contributed by atoms with Gasteiger partial charge in [-0.2, -0.15) is 5.10 Å². The number of rotatable bonds is 3. The number of para-hydroxylation sites is 1. The molecule has 1 aromatic carbocycles. The van der Waals surface area contributed by atoms with Gasteiger partial charge in [-0.3, -0.25) is 14.5 Å². The number of nitrogens with one attached hydrogen (secondary N) is 1. The van der Waals surface area contributed by atoms with Crippen molar-refractivity contribution >= 4 is 22.6 Å². The van der Waals surface area contributed by atoms with Crippen LogP contribution in [0.4, 0.5) is 5.82 Å². The molecule has 100 valence electrons. The molecule has 0 atom stereocenters. The number of amides is 1. The van der Waals surface area contributed by atoms with Gasteiger partial charge in [0.05, 0.1) is 23.8 Å². The van der Waals surface area contributed by atoms with Crippen LogP contribution in [0.25, 0.3) is 10.9 Å². The zero-order chi connectivity index (χ0) is 13.9. The van der Waals surface area contributed by atoms with Crippen LogP contribution in [0.2, 0.25) is 0 Å². The highest BCUT2D eigenvalue weighted by atomic mass is 16.1. The molecule has 0 spiro atoms. The van der Waals surface area contributed by atoms with E-state index in [0.717, 1.165) is 16.6 Å². The average Bonchev–Trinajstić information content (AvgIpc) is 2.84. The number of aryl methyl sites for hydroxylation is 1. The zero-order valence-electron chi connectivity index (χ0n) is 11.1. The smallest absolute Gasteiger partial charge is 0.231 e. The van der Waals surface area contributed by atoms with E-state index in [0.29, 0.717) is 5.82 Å². The van der Waals surface area contributed by atoms with Crippen molar-refractivity contribution in [1.82, 2.24) is 14.8 Å². The minimum absolute atomic E-state index is 0.101. The van der Waals surface area contributed by atoms with Gasteiger partial charge >= 0.3 is 0 Å². The van der Waals surface area contributed by atoms with Crippen LogP contribution in [0.1, 0.15) is 5.69 Å². The first kappa shape index (κ1) is 12.3. The van der Waals surface area contributed by atoms with Crippen LogP contribution < -0.4 is 5.32 Å². The topological polar surface area (TPSA) is 59.8 Å². The second kappa shape index (κ2) is 5.13. The van der Waals surface area contributed by atoms with Crippen LogP contribution in [0.3, 0.4) is 0 Å². The molecule has 5 nitrogen and oxygen atoms in total. The summed E-state index contributed by atoms with van der Waals surface area (Å²) in [4.78, 5) is 16.5. The van der Waals surface area contributed by atoms with Crippen molar-refractivity contribution < 1.29 is 4.79 Å². The molecule has 0 aliphatic rings. The fourth-order valence-corrected chi connectivity index (χ4v) is 2.05. The van der Waals surface area contributed by atoms with Crippen LogP contribution in [-0.4, -0.2) is 20.7 Å². The molecule has 1 N–H and O–H groups in total. The highest BCUT2D eigenvalue weighted by Gasteiger charge is 2.08. The van der Waals surface area contributed by atoms with Gasteiger partial charge in [0.25, 0.3) is 0 Å². The molecule has 0 saturated heterocycles. The Bertz CT molecular complexity index is 763. The van der Waals surface area contributed by atoms with Gasteiger partial charge in [0.15, 0.2) is 0 Å². The Morgan fingerprint density at radius 2 is 2.05 bits per heavy atom. The van der Waals surface area contributed by atoms with E-state index in [1.165, 1.54) is 0 Å². The van der Waals surface area contributed by atoms with Crippen molar-refractivity contribution in [3.63, 3.8) is 0 Å². The minimum Gasteiger partial charge on any atom is -0.311 e. The highest BCUT2D eigenvalue weighted by molar-refractivity contribution is 5.91. The van der Waals surface area contributed by atoms with Crippen molar-refractivity contribution in [2.75, 3.05) is 5.32 Å². The fourth-order valence-electron chi connectivity index (χ4n) is 2.05. The Hall–Kier alpha value is -2.69. The molecule has 0 bridgehead atoms. The number of hydrogen-bond acceptors (Lipinski definition) is 3. The highest BCUT2D eigenvalue weighted by Crippen LogP contribution is 2.12. The monoisotopic (exact) mass is 266 g/mol. The molecule has 0 aliphatic heterocycles. The first-order chi connectivity index (χ1) is 9.72. The van der Waals surface area contributed by atoms with Crippen LogP contribution in [0.15, 0.2) is 48.7 Å². The van der Waals surface area contributed by atoms with Gasteiger partial charge in [-0.15, -0.1) is 0 Å². The third kappa shape index (κ3) is 2.51. The molecule has 2 aromatic heterocycles. The summed E-state index contributed by atoms with van der Waals surface area (Å²) in [5.74, 6) is 0.576. The lowest BCUT2D eigenvalue weighted by atomic mass is 10.2. The van der Waals surface area contributed by atoms with Gasteiger partial charge in [0.2, 0.25) is 5.91 Å². The molecule has 2 heterocycles. The molecule has 1 amide bonds. The van der Waals surface area contributed by atoms with Gasteiger partial charge < -0.3 is 5.32 Å². The summed E-state index contributed by atoms with van der Waals surface area (Å²) in [5.41, 5.74) is 1.65. The third-order valence-corrected chi connectivity index (χ3v) is 3.09. The lowest BCUT2D eigenvalue weighted by Gasteiger charge is -2.05. The van der Waals surface area contributed by atoms with Crippen molar-refractivity contribution in [2.24, 2.45) is 7.05 Å². The summed E-state index contributed by atoms with van der Waals surface area (Å²) in [6.07, 6.45) is 1.89. The second-order valence-corrected chi connectivity index (χ2v) is 4.56. The summed E-state index contributed by atoms with van der Waals surface area (Å²) in [5, 5.41) is 7.88. The molecule has 0 unspecified atom stereocenters. The Kier molecular flexibility index (Phi) is 3.16. The molecule has 3 aromatic rings. The summed E-state index contributed by atoms with van der Waals surface area (Å²) in [6.45, 7) is 0. The number of carbonyl (C=O) groups is 1. The molecule has 20 heavy (non-hydrogen) atoms. The molecule has 5 heteroatoms. The van der Waals surface area contributed by atoms with E-state index < -0.39 is 0 Å². The van der Waals surface area contributed by atoms with E-state index in [1.54, 1.807) is 24.0 Å². The lowest BCUT2D eigenvalue weighted by Crippen LogP contribution is -2.17. The number of nitrogens with zero attached hydrogens (tertiary/aromatic N) is 3. The summed E-state index contributed by atoms with van der Waals surface area (Å²) in [7, 11) is 1.78. The van der Waals surface area contributed by atoms with Gasteiger partial charge in [-0.1, -0.05) is 24.3 Å². The lowest BCUT2D eigenvalue weighted by molar-refractivity contribution is -0.115. The number of benzene rings is 1. The summed E-state index contributed by atoms with van der Waals surface area (Å²) in [6, 6.07) is 13.5. The van der Waals surface area contributed by atoms with E-state index in [2.05, 4.69) is 15.4 Å². The zero-order valence-corrected chi connectivity index (χ0v) is 11.1. The van der Waals surface area contributed by atoms with Crippen LogP contribution in [-0.2, 0) is 18.3 Å². The first-order valence-electron chi connectivity index (χ1n) is 6.35. The SMILES string of the molecule is Cn1nccc1NC(=O)Cc1ccc2ccccc2n1. The minimum atomic E-state index is -0.101. The number of hydrogen-bond donors (Lipinski definition) is 1. The van der Waals surface area contributed by atoms with Crippen LogP contribution in [0.5, 0.6) is 0 Å². The normalized spacial score (nSPS) is 10.7. The quantitative estimate of drug-likeness (QED) is 0.790. The van der Waals surface area contributed by atoms with Crippen LogP contribution in [0, 0.1) is 0 Å². The molecule has 0 radical (unpaired) electrons. The number of pyridine rings is 1. The fraction of sp³-hybridized carbons (Fsp3) is 0.133. The van der Waals surface area contributed by atoms with Gasteiger partial charge in [0.1, 0.15) is 5.82 Å². The Morgan fingerprint density at radius 1 is 1.20 bits per heavy atom. The molecule has 3 rings (SSSR count). The van der Waals surface area contributed by atoms with Crippen molar-refractivity contribution in [1.29, 1.82) is 0 Å². The van der Waals surface area contributed by atoms with E-state index in [-0.39, 0.29) is 12.3 Å². The van der Waals surface area contributed by atoms with Gasteiger partial charge in [0, 0.05) is 18.5 Å². The van der Waals surface area contributed by atoms with E-state index in [4.69, 9.17) is 0 Å². The number of carbonyl (C=O) groups excluding carboxylic acids is 1. The largest absolute Gasteiger partial charge is 0.311 e. The number of fused-ring (bicyclic) bond motifs is 1. The van der Waals surface area contributed by atoms with Crippen LogP contribution >= 0.6 is 0 Å². The molecule has 0 saturated carbocycles. The first-order valence-corrected chi connectivity index (χ1v) is 6.35. The molecular formula is C15H14N4O. The summed E-state index contributed by atoms with van der Waals surface area (Å²) < 4.78 is 1.62. The van der Waals surface area contributed by atoms with E-state index in [1.807, 2.05) is 36.4 Å². The number of aromatic nitrogens is 3. The average molecular weight is 266 g/mol. The standard InChI is InChI=1S/C15H14N4O/c1-19-14(8-9-16-19)18-15(20)10-12-7-6-11-4-2-3-5-13(11)17-12/h2-9H,10H2,1H3,(H,18,20). The predicted molar refractivity (Wildman–Crippen MR) is 77.3 cm³/mol. The van der Waals surface area contributed by atoms with Gasteiger partial charge in [-0.25, -0.2) is 0 Å². The van der Waals surface area contributed by atoms with E-state index >= 15 is 0 Å². The second-order valence-electron chi connectivity index (χ2n) is 4.56. The maximum Gasteiger partial charge on any atom is 0.231 e. The van der Waals surface area contributed by atoms with Crippen molar-refractivity contribution in [3.8, 4) is 0 Å². The van der Waals surface area contributed by atoms with Crippen molar-refractivity contribution in [2.45, 2.75) is 6.42 Å². The number of anilines is 1.